The van der Waals surface area contributed by atoms with Crippen molar-refractivity contribution in [1.82, 2.24) is 15.2 Å². The van der Waals surface area contributed by atoms with Crippen LogP contribution in [0.15, 0.2) is 23.3 Å². The number of carbonyl (C=O) groups excluding carboxylic acids is 1. The summed E-state index contributed by atoms with van der Waals surface area (Å²) in [7, 11) is 0. The average molecular weight is 364 g/mol. The molecule has 1 saturated heterocycles. The Morgan fingerprint density at radius 3 is 2.69 bits per heavy atom. The van der Waals surface area contributed by atoms with E-state index in [0.717, 1.165) is 0 Å². The quantitative estimate of drug-likeness (QED) is 0.362. The maximum absolute atomic E-state index is 11.8. The molecule has 2 heterocycles. The van der Waals surface area contributed by atoms with Crippen molar-refractivity contribution in [3.05, 3.63) is 28.4 Å². The van der Waals surface area contributed by atoms with Crippen molar-refractivity contribution in [1.29, 1.82) is 0 Å². The zero-order valence-electron chi connectivity index (χ0n) is 15.1. The first-order valence-electron chi connectivity index (χ1n) is 8.34. The van der Waals surface area contributed by atoms with Crippen LogP contribution in [0.3, 0.4) is 0 Å². The minimum absolute atomic E-state index is 0.0157. The van der Waals surface area contributed by atoms with E-state index in [1.807, 2.05) is 25.7 Å². The number of ether oxygens (including phenoxy) is 1. The minimum Gasteiger partial charge on any atom is -0.444 e. The van der Waals surface area contributed by atoms with Gasteiger partial charge in [0.05, 0.1) is 4.92 Å². The van der Waals surface area contributed by atoms with Gasteiger partial charge >= 0.3 is 11.8 Å². The van der Waals surface area contributed by atoms with Crippen LogP contribution in [0.4, 0.5) is 16.3 Å². The minimum atomic E-state index is -0.546. The fourth-order valence-corrected chi connectivity index (χ4v) is 2.52. The highest BCUT2D eigenvalue weighted by Gasteiger charge is 2.25. The zero-order chi connectivity index (χ0) is 19.3. The van der Waals surface area contributed by atoms with E-state index in [2.05, 4.69) is 15.3 Å². The molecule has 0 atom stereocenters. The lowest BCUT2D eigenvalue weighted by Crippen LogP contribution is -2.49. The van der Waals surface area contributed by atoms with E-state index in [1.54, 1.807) is 0 Å². The van der Waals surface area contributed by atoms with Gasteiger partial charge in [-0.2, -0.15) is 4.99 Å². The number of nitrogens with two attached hydrogens (primary N) is 1. The lowest BCUT2D eigenvalue weighted by Gasteiger charge is -2.33. The van der Waals surface area contributed by atoms with Crippen LogP contribution in [0.5, 0.6) is 0 Å². The molecule has 26 heavy (non-hydrogen) atoms. The Hall–Kier alpha value is -2.91. The number of likely N-dealkylation sites (tertiary alicyclic amines) is 1. The molecule has 1 amide bonds. The van der Waals surface area contributed by atoms with Crippen LogP contribution < -0.4 is 11.1 Å². The molecule has 10 heteroatoms. The molecule has 0 bridgehead atoms. The number of nitrogens with zero attached hydrogens (tertiary/aromatic N) is 4. The summed E-state index contributed by atoms with van der Waals surface area (Å²) in [6.07, 6.45) is 2.32. The van der Waals surface area contributed by atoms with Crippen molar-refractivity contribution in [3.63, 3.8) is 0 Å². The number of rotatable bonds is 3. The van der Waals surface area contributed by atoms with Crippen LogP contribution in [-0.4, -0.2) is 51.6 Å². The van der Waals surface area contributed by atoms with E-state index < -0.39 is 16.6 Å². The van der Waals surface area contributed by atoms with Crippen LogP contribution in [0, 0.1) is 10.1 Å². The van der Waals surface area contributed by atoms with Crippen LogP contribution >= 0.6 is 0 Å². The van der Waals surface area contributed by atoms with Gasteiger partial charge in [-0.3, -0.25) is 10.1 Å². The van der Waals surface area contributed by atoms with Crippen molar-refractivity contribution in [2.45, 2.75) is 45.3 Å². The molecule has 1 aliphatic rings. The van der Waals surface area contributed by atoms with Gasteiger partial charge in [-0.15, -0.1) is 0 Å². The molecule has 0 aromatic carbocycles. The standard InChI is InChI=1S/C16H24N6O4/c1-16(2,3)26-15(23)19-11-6-9-21(10-7-11)14(17)20-13-12(22(24)25)5-4-8-18-13/h4-5,8,11H,6-7,9-10H2,1-3H3,(H,19,23)(H2,17,18,20). The number of aromatic nitrogens is 1. The highest BCUT2D eigenvalue weighted by atomic mass is 16.6. The molecule has 3 N–H and O–H groups in total. The Morgan fingerprint density at radius 1 is 1.46 bits per heavy atom. The largest absolute Gasteiger partial charge is 0.444 e. The number of piperidine rings is 1. The van der Waals surface area contributed by atoms with Gasteiger partial charge in [0.15, 0.2) is 5.96 Å². The van der Waals surface area contributed by atoms with Crippen molar-refractivity contribution >= 4 is 23.6 Å². The number of pyridine rings is 1. The summed E-state index contributed by atoms with van der Waals surface area (Å²) in [5.41, 5.74) is 5.24. The zero-order valence-corrected chi connectivity index (χ0v) is 15.1. The van der Waals surface area contributed by atoms with Crippen LogP contribution in [0.1, 0.15) is 33.6 Å². The summed E-state index contributed by atoms with van der Waals surface area (Å²) in [6.45, 7) is 6.56. The molecule has 10 nitrogen and oxygen atoms in total. The number of guanidine groups is 1. The number of amides is 1. The van der Waals surface area contributed by atoms with Crippen LogP contribution in [0.25, 0.3) is 0 Å². The topological polar surface area (TPSA) is 136 Å². The number of hydrogen-bond donors (Lipinski definition) is 2. The third-order valence-electron chi connectivity index (χ3n) is 3.72. The summed E-state index contributed by atoms with van der Waals surface area (Å²) < 4.78 is 5.25. The SMILES string of the molecule is CC(C)(C)OC(=O)NC1CCN(/C(N)=N/c2ncccc2[N+](=O)[O-])CC1. The number of nitro groups is 1. The maximum atomic E-state index is 11.8. The molecule has 0 unspecified atom stereocenters. The van der Waals surface area contributed by atoms with Gasteiger partial charge in [-0.25, -0.2) is 9.78 Å². The molecular weight excluding hydrogens is 340 g/mol. The molecule has 0 aliphatic carbocycles. The second-order valence-electron chi connectivity index (χ2n) is 6.98. The molecule has 1 aromatic rings. The van der Waals surface area contributed by atoms with Gasteiger partial charge in [0, 0.05) is 31.4 Å². The van der Waals surface area contributed by atoms with Gasteiger partial charge in [0.2, 0.25) is 5.82 Å². The molecule has 2 rings (SSSR count). The molecule has 0 radical (unpaired) electrons. The highest BCUT2D eigenvalue weighted by molar-refractivity contribution is 5.82. The predicted molar refractivity (Wildman–Crippen MR) is 96.1 cm³/mol. The van der Waals surface area contributed by atoms with E-state index >= 15 is 0 Å². The van der Waals surface area contributed by atoms with Crippen molar-refractivity contribution in [3.8, 4) is 0 Å². The first-order chi connectivity index (χ1) is 12.2. The first kappa shape index (κ1) is 19.4. The summed E-state index contributed by atoms with van der Waals surface area (Å²) in [4.78, 5) is 32.1. The fraction of sp³-hybridized carbons (Fsp3) is 0.562. The van der Waals surface area contributed by atoms with Crippen molar-refractivity contribution in [2.75, 3.05) is 13.1 Å². The number of hydrogen-bond acceptors (Lipinski definition) is 6. The smallest absolute Gasteiger partial charge is 0.407 e. The number of nitrogens with one attached hydrogen (secondary N) is 1. The van der Waals surface area contributed by atoms with E-state index in [1.165, 1.54) is 18.3 Å². The Bertz CT molecular complexity index is 692. The molecule has 142 valence electrons. The van der Waals surface area contributed by atoms with Gasteiger partial charge in [0.1, 0.15) is 5.60 Å². The fourth-order valence-electron chi connectivity index (χ4n) is 2.52. The molecule has 1 aromatic heterocycles. The van der Waals surface area contributed by atoms with Crippen molar-refractivity contribution in [2.24, 2.45) is 10.7 Å². The summed E-state index contributed by atoms with van der Waals surface area (Å²) >= 11 is 0. The Labute approximate surface area is 151 Å². The summed E-state index contributed by atoms with van der Waals surface area (Å²) in [5, 5.41) is 13.9. The number of aliphatic imine (C=N–C) groups is 1. The Kier molecular flexibility index (Phi) is 5.96. The normalized spacial score (nSPS) is 16.3. The molecule has 1 fully saturated rings. The molecular formula is C16H24N6O4. The Morgan fingerprint density at radius 2 is 2.12 bits per heavy atom. The highest BCUT2D eigenvalue weighted by Crippen LogP contribution is 2.24. The lowest BCUT2D eigenvalue weighted by molar-refractivity contribution is -0.384. The van der Waals surface area contributed by atoms with Crippen LogP contribution in [-0.2, 0) is 4.74 Å². The Balaban J connectivity index is 1.93. The van der Waals surface area contributed by atoms with E-state index in [-0.39, 0.29) is 23.5 Å². The summed E-state index contributed by atoms with van der Waals surface area (Å²) in [5.74, 6) is 0.145. The van der Waals surface area contributed by atoms with E-state index in [0.29, 0.717) is 25.9 Å². The third-order valence-corrected chi connectivity index (χ3v) is 3.72. The lowest BCUT2D eigenvalue weighted by atomic mass is 10.1. The van der Waals surface area contributed by atoms with E-state index in [9.17, 15) is 14.9 Å². The van der Waals surface area contributed by atoms with Gasteiger partial charge < -0.3 is 20.7 Å². The van der Waals surface area contributed by atoms with Gasteiger partial charge in [-0.05, 0) is 39.7 Å². The molecule has 0 spiro atoms. The molecule has 1 aliphatic heterocycles. The van der Waals surface area contributed by atoms with Gasteiger partial charge in [0.25, 0.3) is 0 Å². The average Bonchev–Trinajstić information content (AvgIpc) is 2.54. The van der Waals surface area contributed by atoms with Crippen LogP contribution in [0.2, 0.25) is 0 Å². The number of carbonyl (C=O) groups is 1. The van der Waals surface area contributed by atoms with E-state index in [4.69, 9.17) is 10.5 Å². The monoisotopic (exact) mass is 364 g/mol. The second kappa shape index (κ2) is 7.98. The third kappa shape index (κ3) is 5.57. The summed E-state index contributed by atoms with van der Waals surface area (Å²) in [6, 6.07) is 2.79. The predicted octanol–water partition coefficient (Wildman–Crippen LogP) is 1.93. The second-order valence-corrected chi connectivity index (χ2v) is 6.98. The van der Waals surface area contributed by atoms with Crippen molar-refractivity contribution < 1.29 is 14.5 Å². The number of alkyl carbamates (subject to hydrolysis) is 1. The maximum Gasteiger partial charge on any atom is 0.407 e. The van der Waals surface area contributed by atoms with Gasteiger partial charge in [-0.1, -0.05) is 0 Å². The molecule has 0 saturated carbocycles. The first-order valence-corrected chi connectivity index (χ1v) is 8.34.